The van der Waals surface area contributed by atoms with Gasteiger partial charge in [0.2, 0.25) is 5.91 Å². The van der Waals surface area contributed by atoms with Gasteiger partial charge in [0.25, 0.3) is 0 Å². The Morgan fingerprint density at radius 2 is 1.67 bits per heavy atom. The van der Waals surface area contributed by atoms with E-state index in [4.69, 9.17) is 25.8 Å². The lowest BCUT2D eigenvalue weighted by molar-refractivity contribution is -0.118. The van der Waals surface area contributed by atoms with E-state index in [1.54, 1.807) is 7.11 Å². The summed E-state index contributed by atoms with van der Waals surface area (Å²) in [6.45, 7) is 9.48. The summed E-state index contributed by atoms with van der Waals surface area (Å²) in [4.78, 5) is 18.2. The number of halogens is 1. The minimum atomic E-state index is -0.964. The molecule has 2 saturated heterocycles. The number of methoxy groups -OCH3 is 1. The van der Waals surface area contributed by atoms with Crippen LogP contribution in [0, 0.1) is 5.92 Å². The number of hydrogen-bond donors (Lipinski definition) is 1. The van der Waals surface area contributed by atoms with Crippen molar-refractivity contribution in [3.05, 3.63) is 87.9 Å². The van der Waals surface area contributed by atoms with Crippen molar-refractivity contribution < 1.29 is 24.1 Å². The predicted octanol–water partition coefficient (Wildman–Crippen LogP) is 6.13. The highest BCUT2D eigenvalue weighted by Gasteiger charge is 2.40. The molecule has 3 aromatic carbocycles. The van der Waals surface area contributed by atoms with Gasteiger partial charge >= 0.3 is 0 Å². The molecule has 8 heteroatoms. The van der Waals surface area contributed by atoms with Gasteiger partial charge in [-0.15, -0.1) is 0 Å². The van der Waals surface area contributed by atoms with Crippen LogP contribution >= 0.6 is 11.6 Å². The van der Waals surface area contributed by atoms with Crippen LogP contribution in [0.25, 0.3) is 0 Å². The lowest BCUT2D eigenvalue weighted by atomic mass is 9.77. The quantitative estimate of drug-likeness (QED) is 0.333. The molecule has 0 bridgehead atoms. The number of anilines is 1. The van der Waals surface area contributed by atoms with Gasteiger partial charge in [0, 0.05) is 10.7 Å². The number of carbonyl (C=O) groups is 1. The molecule has 3 aromatic rings. The number of aliphatic hydroxyl groups is 1. The molecule has 3 aliphatic rings. The zero-order valence-electron chi connectivity index (χ0n) is 25.4. The van der Waals surface area contributed by atoms with Crippen LogP contribution in [0.3, 0.4) is 0 Å². The molecule has 0 spiro atoms. The number of carbonyl (C=O) groups excluding carboxylic acids is 1. The van der Waals surface area contributed by atoms with Crippen molar-refractivity contribution in [1.29, 1.82) is 0 Å². The zero-order valence-corrected chi connectivity index (χ0v) is 26.1. The number of amides is 1. The second kappa shape index (κ2) is 12.1. The SMILES string of the molecule is COc1cc2c(cc1OC(C)C)C(c1ccc(Cl)cc1)N(c1ccc(C(C)(O)C3CCN(C4COC4)CC3)cc1)C(=O)C2. The topological polar surface area (TPSA) is 71.5 Å². The van der Waals surface area contributed by atoms with Gasteiger partial charge in [-0.25, -0.2) is 0 Å². The molecule has 2 atom stereocenters. The van der Waals surface area contributed by atoms with E-state index in [-0.39, 0.29) is 30.4 Å². The third-order valence-corrected chi connectivity index (χ3v) is 9.58. The maximum Gasteiger partial charge on any atom is 0.232 e. The third kappa shape index (κ3) is 5.88. The van der Waals surface area contributed by atoms with E-state index in [0.717, 1.165) is 67.1 Å². The monoisotopic (exact) mass is 604 g/mol. The van der Waals surface area contributed by atoms with Gasteiger partial charge in [0.1, 0.15) is 0 Å². The maximum absolute atomic E-state index is 13.9. The number of benzene rings is 3. The minimum absolute atomic E-state index is 0.0149. The second-order valence-electron chi connectivity index (χ2n) is 12.5. The molecule has 0 aliphatic carbocycles. The lowest BCUT2D eigenvalue weighted by Crippen LogP contribution is -2.53. The maximum atomic E-state index is 13.9. The van der Waals surface area contributed by atoms with Crippen LogP contribution in [-0.2, 0) is 21.6 Å². The Morgan fingerprint density at radius 1 is 1.00 bits per heavy atom. The fourth-order valence-electron chi connectivity index (χ4n) is 6.78. The molecule has 7 nitrogen and oxygen atoms in total. The predicted molar refractivity (Wildman–Crippen MR) is 168 cm³/mol. The van der Waals surface area contributed by atoms with Crippen LogP contribution in [-0.4, -0.2) is 61.5 Å². The first-order valence-electron chi connectivity index (χ1n) is 15.3. The number of ether oxygens (including phenoxy) is 3. The van der Waals surface area contributed by atoms with Crippen LogP contribution in [0.2, 0.25) is 5.02 Å². The van der Waals surface area contributed by atoms with Gasteiger partial charge in [0.05, 0.1) is 50.5 Å². The largest absolute Gasteiger partial charge is 0.493 e. The molecule has 2 unspecified atom stereocenters. The molecule has 0 radical (unpaired) electrons. The van der Waals surface area contributed by atoms with E-state index in [1.165, 1.54) is 0 Å². The van der Waals surface area contributed by atoms with Gasteiger partial charge in [-0.3, -0.25) is 9.69 Å². The molecule has 228 valence electrons. The number of rotatable bonds is 8. The summed E-state index contributed by atoms with van der Waals surface area (Å²) < 4.78 is 17.1. The number of hydrogen-bond acceptors (Lipinski definition) is 6. The third-order valence-electron chi connectivity index (χ3n) is 9.33. The fraction of sp³-hybridized carbons (Fsp3) is 0.457. The van der Waals surface area contributed by atoms with Crippen LogP contribution in [0.1, 0.15) is 61.9 Å². The normalized spacial score (nSPS) is 21.3. The Labute approximate surface area is 259 Å². The second-order valence-corrected chi connectivity index (χ2v) is 12.9. The summed E-state index contributed by atoms with van der Waals surface area (Å²) in [5.74, 6) is 1.41. The van der Waals surface area contributed by atoms with Crippen molar-refractivity contribution in [2.45, 2.75) is 63.8 Å². The average molecular weight is 605 g/mol. The smallest absolute Gasteiger partial charge is 0.232 e. The number of fused-ring (bicyclic) bond motifs is 1. The van der Waals surface area contributed by atoms with E-state index in [0.29, 0.717) is 22.6 Å². The Kier molecular flexibility index (Phi) is 8.44. The first-order valence-corrected chi connectivity index (χ1v) is 15.6. The molecule has 6 rings (SSSR count). The number of nitrogens with zero attached hydrogens (tertiary/aromatic N) is 2. The Hall–Kier alpha value is -3.10. The van der Waals surface area contributed by atoms with E-state index >= 15 is 0 Å². The van der Waals surface area contributed by atoms with Crippen LogP contribution in [0.5, 0.6) is 11.5 Å². The number of likely N-dealkylation sites (tertiary alicyclic amines) is 1. The van der Waals surface area contributed by atoms with Gasteiger partial charge < -0.3 is 24.2 Å². The highest BCUT2D eigenvalue weighted by molar-refractivity contribution is 6.30. The zero-order chi connectivity index (χ0) is 30.3. The first-order chi connectivity index (χ1) is 20.7. The summed E-state index contributed by atoms with van der Waals surface area (Å²) in [7, 11) is 1.62. The Bertz CT molecular complexity index is 1440. The average Bonchev–Trinajstić information content (AvgIpc) is 2.96. The van der Waals surface area contributed by atoms with E-state index in [1.807, 2.05) is 86.3 Å². The molecule has 3 heterocycles. The van der Waals surface area contributed by atoms with Crippen molar-refractivity contribution in [1.82, 2.24) is 4.90 Å². The van der Waals surface area contributed by atoms with E-state index < -0.39 is 5.60 Å². The summed E-state index contributed by atoms with van der Waals surface area (Å²) in [6, 6.07) is 19.6. The molecule has 0 saturated carbocycles. The molecule has 3 aliphatic heterocycles. The van der Waals surface area contributed by atoms with Gasteiger partial charge in [0.15, 0.2) is 11.5 Å². The molecule has 1 N–H and O–H groups in total. The highest BCUT2D eigenvalue weighted by atomic mass is 35.5. The minimum Gasteiger partial charge on any atom is -0.493 e. The van der Waals surface area contributed by atoms with E-state index in [9.17, 15) is 9.90 Å². The van der Waals surface area contributed by atoms with Crippen molar-refractivity contribution >= 4 is 23.2 Å². The molecule has 2 fully saturated rings. The van der Waals surface area contributed by atoms with E-state index in [2.05, 4.69) is 4.90 Å². The van der Waals surface area contributed by atoms with Gasteiger partial charge in [-0.2, -0.15) is 0 Å². The molecule has 0 aromatic heterocycles. The lowest BCUT2D eigenvalue weighted by Gasteiger charge is -2.44. The van der Waals surface area contributed by atoms with Crippen LogP contribution in [0.4, 0.5) is 5.69 Å². The summed E-state index contributed by atoms with van der Waals surface area (Å²) in [5, 5.41) is 12.4. The summed E-state index contributed by atoms with van der Waals surface area (Å²) in [6.07, 6.45) is 2.08. The van der Waals surface area contributed by atoms with Crippen molar-refractivity contribution in [2.75, 3.05) is 38.3 Å². The highest BCUT2D eigenvalue weighted by Crippen LogP contribution is 2.44. The standard InChI is InChI=1S/C35H41ClN2O5/c1-22(2)43-32-19-30-24(17-31(32)41-4)18-33(39)38(34(30)23-5-9-27(36)10-6-23)28-11-7-25(8-12-28)35(3,40)26-13-15-37(16-14-26)29-20-42-21-29/h5-12,17,19,22,26,29,34,40H,13-16,18,20-21H2,1-4H3. The van der Waals surface area contributed by atoms with Gasteiger partial charge in [-0.1, -0.05) is 35.9 Å². The van der Waals surface area contributed by atoms with Crippen LogP contribution in [0.15, 0.2) is 60.7 Å². The molecule has 1 amide bonds. The summed E-state index contributed by atoms with van der Waals surface area (Å²) in [5.41, 5.74) is 3.52. The first kappa shape index (κ1) is 29.9. The molecule has 43 heavy (non-hydrogen) atoms. The molecular formula is C35H41ClN2O5. The number of piperidine rings is 1. The Morgan fingerprint density at radius 3 is 2.26 bits per heavy atom. The van der Waals surface area contributed by atoms with Crippen LogP contribution < -0.4 is 14.4 Å². The van der Waals surface area contributed by atoms with Crippen molar-refractivity contribution in [2.24, 2.45) is 5.92 Å². The van der Waals surface area contributed by atoms with Crippen molar-refractivity contribution in [3.8, 4) is 11.5 Å². The fourth-order valence-corrected chi connectivity index (χ4v) is 6.91. The molecular weight excluding hydrogens is 564 g/mol. The van der Waals surface area contributed by atoms with Gasteiger partial charge in [-0.05, 0) is 111 Å². The Balaban J connectivity index is 1.32. The van der Waals surface area contributed by atoms with Crippen molar-refractivity contribution in [3.63, 3.8) is 0 Å². The summed E-state index contributed by atoms with van der Waals surface area (Å²) >= 11 is 6.26.